The van der Waals surface area contributed by atoms with Gasteiger partial charge in [-0.2, -0.15) is 0 Å². The molecule has 2 aliphatic rings. The molecule has 1 fully saturated rings. The van der Waals surface area contributed by atoms with Crippen LogP contribution in [0.1, 0.15) is 45.1 Å². The topological polar surface area (TPSA) is 113 Å². The Morgan fingerprint density at radius 2 is 1.83 bits per heavy atom. The van der Waals surface area contributed by atoms with E-state index in [-0.39, 0.29) is 17.8 Å². The van der Waals surface area contributed by atoms with Gasteiger partial charge in [-0.25, -0.2) is 14.1 Å². The van der Waals surface area contributed by atoms with Crippen LogP contribution in [0.2, 0.25) is 0 Å². The summed E-state index contributed by atoms with van der Waals surface area (Å²) < 4.78 is 13.5. The largest absolute Gasteiger partial charge is 0.367 e. The summed E-state index contributed by atoms with van der Waals surface area (Å²) in [5.41, 5.74) is -0.438. The van der Waals surface area contributed by atoms with Gasteiger partial charge in [0.1, 0.15) is 5.82 Å². The van der Waals surface area contributed by atoms with Gasteiger partial charge in [-0.15, -0.1) is 0 Å². The first-order valence-electron chi connectivity index (χ1n) is 11.7. The first-order chi connectivity index (χ1) is 16.7. The first-order valence-corrected chi connectivity index (χ1v) is 11.7. The molecule has 4 rings (SSSR count). The molecule has 0 aromatic heterocycles. The van der Waals surface area contributed by atoms with Crippen molar-refractivity contribution < 1.29 is 23.7 Å². The fourth-order valence-corrected chi connectivity index (χ4v) is 5.17. The predicted octanol–water partition coefficient (Wildman–Crippen LogP) is 4.33. The molecule has 2 aromatic rings. The third-order valence-corrected chi connectivity index (χ3v) is 6.81. The molecule has 10 heteroatoms. The van der Waals surface area contributed by atoms with E-state index in [4.69, 9.17) is 0 Å². The number of carbonyl (C=O) groups is 3. The SMILES string of the molecule is CCCCN1c2ccc([N+](=O)[O-])cc2C[C@]2(C(=O)NC(=O)N(c3ccc(F)cc3)C2=O)[C@H]1CCC. The predicted molar refractivity (Wildman–Crippen MR) is 128 cm³/mol. The van der Waals surface area contributed by atoms with E-state index in [9.17, 15) is 28.9 Å². The van der Waals surface area contributed by atoms with Crippen LogP contribution in [-0.2, 0) is 16.0 Å². The summed E-state index contributed by atoms with van der Waals surface area (Å²) in [6, 6.07) is 7.91. The highest BCUT2D eigenvalue weighted by Crippen LogP contribution is 2.47. The van der Waals surface area contributed by atoms with Crippen molar-refractivity contribution in [2.75, 3.05) is 16.3 Å². The number of nitro benzene ring substituents is 1. The van der Waals surface area contributed by atoms with E-state index in [1.807, 2.05) is 18.7 Å². The number of hydrogen-bond donors (Lipinski definition) is 1. The molecule has 2 aromatic carbocycles. The quantitative estimate of drug-likeness (QED) is 0.357. The lowest BCUT2D eigenvalue weighted by molar-refractivity contribution is -0.384. The molecule has 2 aliphatic heterocycles. The summed E-state index contributed by atoms with van der Waals surface area (Å²) in [5.74, 6) is -1.96. The summed E-state index contributed by atoms with van der Waals surface area (Å²) >= 11 is 0. The molecule has 35 heavy (non-hydrogen) atoms. The molecule has 1 N–H and O–H groups in total. The van der Waals surface area contributed by atoms with Crippen molar-refractivity contribution in [2.45, 2.75) is 52.0 Å². The number of fused-ring (bicyclic) bond motifs is 1. The average molecular weight is 483 g/mol. The Morgan fingerprint density at radius 1 is 1.11 bits per heavy atom. The van der Waals surface area contributed by atoms with Crippen molar-refractivity contribution >= 4 is 34.9 Å². The average Bonchev–Trinajstić information content (AvgIpc) is 2.83. The minimum atomic E-state index is -1.69. The van der Waals surface area contributed by atoms with Crippen molar-refractivity contribution in [3.63, 3.8) is 0 Å². The monoisotopic (exact) mass is 482 g/mol. The van der Waals surface area contributed by atoms with E-state index in [0.29, 0.717) is 24.9 Å². The van der Waals surface area contributed by atoms with Gasteiger partial charge in [-0.3, -0.25) is 25.0 Å². The normalized spacial score (nSPS) is 21.8. The number of carbonyl (C=O) groups excluding carboxylic acids is 3. The molecular weight excluding hydrogens is 455 g/mol. The summed E-state index contributed by atoms with van der Waals surface area (Å²) in [4.78, 5) is 54.3. The lowest BCUT2D eigenvalue weighted by Crippen LogP contribution is -2.72. The Bertz CT molecular complexity index is 1180. The zero-order valence-corrected chi connectivity index (χ0v) is 19.6. The van der Waals surface area contributed by atoms with Gasteiger partial charge in [0.2, 0.25) is 5.91 Å². The van der Waals surface area contributed by atoms with Crippen LogP contribution in [0.15, 0.2) is 42.5 Å². The zero-order valence-electron chi connectivity index (χ0n) is 19.6. The minimum absolute atomic E-state index is 0.0903. The number of rotatable bonds is 7. The van der Waals surface area contributed by atoms with E-state index in [1.165, 1.54) is 24.3 Å². The summed E-state index contributed by atoms with van der Waals surface area (Å²) in [7, 11) is 0. The van der Waals surface area contributed by atoms with Crippen LogP contribution >= 0.6 is 0 Å². The lowest BCUT2D eigenvalue weighted by atomic mass is 9.67. The van der Waals surface area contributed by atoms with Crippen LogP contribution < -0.4 is 15.1 Å². The maximum absolute atomic E-state index is 14.1. The maximum atomic E-state index is 14.1. The van der Waals surface area contributed by atoms with E-state index in [2.05, 4.69) is 5.32 Å². The number of unbranched alkanes of at least 4 members (excludes halogenated alkanes) is 1. The van der Waals surface area contributed by atoms with Gasteiger partial charge in [0.05, 0.1) is 16.7 Å². The third kappa shape index (κ3) is 4.02. The molecule has 4 amide bonds. The molecule has 0 aliphatic carbocycles. The standard InChI is InChI=1S/C25H27FN4O5/c1-3-5-13-28-20-12-11-19(30(34)35)14-16(20)15-25(21(28)6-4-2)22(31)27-24(33)29(23(25)32)18-9-7-17(26)8-10-18/h7-12,14,21H,3-6,13,15H2,1-2H3,(H,27,31,33)/t21-,25-/m1/s1. The second-order valence-electron chi connectivity index (χ2n) is 8.95. The lowest BCUT2D eigenvalue weighted by Gasteiger charge is -2.52. The number of urea groups is 1. The summed E-state index contributed by atoms with van der Waals surface area (Å²) in [5, 5.41) is 13.8. The minimum Gasteiger partial charge on any atom is -0.367 e. The van der Waals surface area contributed by atoms with Gasteiger partial charge in [0.15, 0.2) is 5.41 Å². The molecule has 184 valence electrons. The molecule has 0 bridgehead atoms. The Labute approximate surface area is 202 Å². The Balaban J connectivity index is 1.91. The highest BCUT2D eigenvalue weighted by molar-refractivity contribution is 6.30. The molecule has 1 spiro atoms. The van der Waals surface area contributed by atoms with E-state index in [0.717, 1.165) is 35.6 Å². The van der Waals surface area contributed by atoms with Crippen molar-refractivity contribution in [2.24, 2.45) is 5.41 Å². The highest BCUT2D eigenvalue weighted by atomic mass is 19.1. The Morgan fingerprint density at radius 3 is 2.46 bits per heavy atom. The highest BCUT2D eigenvalue weighted by Gasteiger charge is 2.62. The molecule has 9 nitrogen and oxygen atoms in total. The van der Waals surface area contributed by atoms with Crippen LogP contribution in [0.4, 0.5) is 26.2 Å². The number of amides is 4. The van der Waals surface area contributed by atoms with Crippen LogP contribution in [0, 0.1) is 21.3 Å². The molecule has 1 saturated heterocycles. The third-order valence-electron chi connectivity index (χ3n) is 6.81. The molecule has 2 atom stereocenters. The van der Waals surface area contributed by atoms with E-state index in [1.54, 1.807) is 6.07 Å². The molecular formula is C25H27FN4O5. The van der Waals surface area contributed by atoms with Crippen molar-refractivity contribution in [3.05, 3.63) is 64.0 Å². The number of nitrogens with one attached hydrogen (secondary N) is 1. The Kier molecular flexibility index (Phi) is 6.56. The molecule has 2 heterocycles. The number of benzene rings is 2. The van der Waals surface area contributed by atoms with Gasteiger partial charge >= 0.3 is 6.03 Å². The van der Waals surface area contributed by atoms with Gasteiger partial charge in [0, 0.05) is 30.8 Å². The zero-order chi connectivity index (χ0) is 25.3. The van der Waals surface area contributed by atoms with Gasteiger partial charge in [-0.1, -0.05) is 26.7 Å². The summed E-state index contributed by atoms with van der Waals surface area (Å²) in [6.45, 7) is 4.52. The second-order valence-corrected chi connectivity index (χ2v) is 8.95. The first kappa shape index (κ1) is 24.3. The maximum Gasteiger partial charge on any atom is 0.335 e. The number of hydrogen-bond acceptors (Lipinski definition) is 6. The number of barbiturate groups is 1. The number of nitrogens with zero attached hydrogens (tertiary/aromatic N) is 3. The van der Waals surface area contributed by atoms with Crippen LogP contribution in [-0.4, -0.2) is 35.4 Å². The smallest absolute Gasteiger partial charge is 0.335 e. The van der Waals surface area contributed by atoms with Gasteiger partial charge in [-0.05, 0) is 48.7 Å². The van der Waals surface area contributed by atoms with Crippen molar-refractivity contribution in [1.29, 1.82) is 0 Å². The number of anilines is 2. The number of nitro groups is 1. The van der Waals surface area contributed by atoms with Gasteiger partial charge in [0.25, 0.3) is 11.6 Å². The summed E-state index contributed by atoms with van der Waals surface area (Å²) in [6.07, 6.45) is 2.72. The van der Waals surface area contributed by atoms with Crippen molar-refractivity contribution in [1.82, 2.24) is 5.32 Å². The van der Waals surface area contributed by atoms with E-state index >= 15 is 0 Å². The van der Waals surface area contributed by atoms with E-state index < -0.39 is 40.0 Å². The fraction of sp³-hybridized carbons (Fsp3) is 0.400. The van der Waals surface area contributed by atoms with Crippen LogP contribution in [0.3, 0.4) is 0 Å². The fourth-order valence-electron chi connectivity index (χ4n) is 5.17. The Hall–Kier alpha value is -3.82. The number of non-ortho nitro benzene ring substituents is 1. The van der Waals surface area contributed by atoms with Crippen LogP contribution in [0.25, 0.3) is 0 Å². The second kappa shape index (κ2) is 9.44. The molecule has 0 saturated carbocycles. The van der Waals surface area contributed by atoms with Crippen LogP contribution in [0.5, 0.6) is 0 Å². The number of halogens is 1. The molecule has 0 unspecified atom stereocenters. The van der Waals surface area contributed by atoms with Gasteiger partial charge < -0.3 is 4.90 Å². The molecule has 0 radical (unpaired) electrons. The number of imide groups is 2. The van der Waals surface area contributed by atoms with Crippen molar-refractivity contribution in [3.8, 4) is 0 Å².